The number of ether oxygens (including phenoxy) is 2. The highest BCUT2D eigenvalue weighted by Crippen LogP contribution is 2.14. The molecule has 0 saturated carbocycles. The van der Waals surface area contributed by atoms with E-state index in [2.05, 4.69) is 5.32 Å². The maximum atomic E-state index is 12.0. The lowest BCUT2D eigenvalue weighted by molar-refractivity contribution is 0.0844. The van der Waals surface area contributed by atoms with Gasteiger partial charge in [0.2, 0.25) is 0 Å². The Balaban J connectivity index is 1.76. The first-order valence-electron chi connectivity index (χ1n) is 8.39. The molecule has 2 rings (SSSR count). The molecular weight excluding hydrogens is 318 g/mol. The van der Waals surface area contributed by atoms with Crippen molar-refractivity contribution in [2.24, 2.45) is 0 Å². The minimum Gasteiger partial charge on any atom is -0.489 e. The molecule has 0 bridgehead atoms. The first kappa shape index (κ1) is 18.5. The van der Waals surface area contributed by atoms with E-state index in [1.54, 1.807) is 24.3 Å². The molecular formula is C20H23NO4. The predicted molar refractivity (Wildman–Crippen MR) is 95.8 cm³/mol. The van der Waals surface area contributed by atoms with Crippen LogP contribution < -0.4 is 10.1 Å². The van der Waals surface area contributed by atoms with E-state index in [9.17, 15) is 9.59 Å². The molecule has 0 heterocycles. The van der Waals surface area contributed by atoms with E-state index < -0.39 is 6.09 Å². The number of carbonyl (C=O) groups excluding carboxylic acids is 2. The number of hydrogen-bond donors (Lipinski definition) is 1. The molecule has 25 heavy (non-hydrogen) atoms. The van der Waals surface area contributed by atoms with Gasteiger partial charge in [0.05, 0.1) is 0 Å². The standard InChI is InChI=1S/C20H23NO4/c1-2-3-13-21-20(23)25-15-19(22)17-9-11-18(12-10-17)24-14-16-7-5-4-6-8-16/h4-12H,2-3,13-15H2,1H3,(H,21,23). The van der Waals surface area contributed by atoms with Crippen LogP contribution in [0.5, 0.6) is 5.75 Å². The molecule has 0 unspecified atom stereocenters. The van der Waals surface area contributed by atoms with Gasteiger partial charge in [-0.15, -0.1) is 0 Å². The normalized spacial score (nSPS) is 10.1. The maximum Gasteiger partial charge on any atom is 0.407 e. The van der Waals surface area contributed by atoms with Crippen molar-refractivity contribution in [3.63, 3.8) is 0 Å². The van der Waals surface area contributed by atoms with Crippen LogP contribution in [0.1, 0.15) is 35.7 Å². The smallest absolute Gasteiger partial charge is 0.407 e. The van der Waals surface area contributed by atoms with E-state index in [-0.39, 0.29) is 12.4 Å². The monoisotopic (exact) mass is 341 g/mol. The van der Waals surface area contributed by atoms with Crippen LogP contribution in [-0.2, 0) is 11.3 Å². The van der Waals surface area contributed by atoms with Gasteiger partial charge >= 0.3 is 6.09 Å². The second-order valence-corrected chi connectivity index (χ2v) is 5.58. The first-order chi connectivity index (χ1) is 12.2. The van der Waals surface area contributed by atoms with Crippen LogP contribution in [0, 0.1) is 0 Å². The molecule has 2 aromatic carbocycles. The number of nitrogens with one attached hydrogen (secondary N) is 1. The quantitative estimate of drug-likeness (QED) is 0.553. The Labute approximate surface area is 148 Å². The third kappa shape index (κ3) is 6.67. The molecule has 0 atom stereocenters. The summed E-state index contributed by atoms with van der Waals surface area (Å²) in [7, 11) is 0. The molecule has 0 spiro atoms. The second kappa shape index (κ2) is 10.1. The number of unbranched alkanes of at least 4 members (excludes halogenated alkanes) is 1. The molecule has 5 heteroatoms. The molecule has 0 radical (unpaired) electrons. The summed E-state index contributed by atoms with van der Waals surface area (Å²) in [5.41, 5.74) is 1.55. The topological polar surface area (TPSA) is 64.6 Å². The van der Waals surface area contributed by atoms with Crippen molar-refractivity contribution in [1.82, 2.24) is 5.32 Å². The molecule has 0 saturated heterocycles. The molecule has 1 N–H and O–H groups in total. The minimum absolute atomic E-state index is 0.250. The van der Waals surface area contributed by atoms with Gasteiger partial charge in [-0.2, -0.15) is 0 Å². The Hall–Kier alpha value is -2.82. The largest absolute Gasteiger partial charge is 0.489 e. The van der Waals surface area contributed by atoms with Gasteiger partial charge < -0.3 is 14.8 Å². The fraction of sp³-hybridized carbons (Fsp3) is 0.300. The summed E-state index contributed by atoms with van der Waals surface area (Å²) in [6.07, 6.45) is 1.30. The van der Waals surface area contributed by atoms with Crippen molar-refractivity contribution < 1.29 is 19.1 Å². The van der Waals surface area contributed by atoms with Crippen LogP contribution in [-0.4, -0.2) is 25.0 Å². The van der Waals surface area contributed by atoms with E-state index in [1.807, 2.05) is 37.3 Å². The first-order valence-corrected chi connectivity index (χ1v) is 8.39. The molecule has 1 amide bonds. The third-order valence-electron chi connectivity index (χ3n) is 3.56. The van der Waals surface area contributed by atoms with E-state index >= 15 is 0 Å². The number of carbonyl (C=O) groups is 2. The number of ketones is 1. The van der Waals surface area contributed by atoms with Crippen LogP contribution in [0.25, 0.3) is 0 Å². The summed E-state index contributed by atoms with van der Waals surface area (Å²) < 4.78 is 10.6. The van der Waals surface area contributed by atoms with Gasteiger partial charge in [0.15, 0.2) is 12.4 Å². The van der Waals surface area contributed by atoms with Gasteiger partial charge in [-0.05, 0) is 36.2 Å². The number of rotatable bonds is 9. The lowest BCUT2D eigenvalue weighted by atomic mass is 10.1. The Morgan fingerprint density at radius 2 is 1.72 bits per heavy atom. The summed E-state index contributed by atoms with van der Waals surface area (Å²) >= 11 is 0. The summed E-state index contributed by atoms with van der Waals surface area (Å²) in [6.45, 7) is 2.78. The van der Waals surface area contributed by atoms with Crippen molar-refractivity contribution in [1.29, 1.82) is 0 Å². The fourth-order valence-electron chi connectivity index (χ4n) is 2.11. The lowest BCUT2D eigenvalue weighted by Gasteiger charge is -2.08. The average Bonchev–Trinajstić information content (AvgIpc) is 2.66. The van der Waals surface area contributed by atoms with Crippen LogP contribution in [0.2, 0.25) is 0 Å². The number of amides is 1. The van der Waals surface area contributed by atoms with E-state index in [1.165, 1.54) is 0 Å². The molecule has 0 aliphatic rings. The predicted octanol–water partition coefficient (Wildman–Crippen LogP) is 3.97. The van der Waals surface area contributed by atoms with Gasteiger partial charge in [-0.1, -0.05) is 43.7 Å². The Kier molecular flexibility index (Phi) is 7.50. The number of alkyl carbamates (subject to hydrolysis) is 1. The van der Waals surface area contributed by atoms with Gasteiger partial charge in [0.1, 0.15) is 12.4 Å². The zero-order valence-corrected chi connectivity index (χ0v) is 14.4. The highest BCUT2D eigenvalue weighted by molar-refractivity contribution is 5.97. The van der Waals surface area contributed by atoms with E-state index in [0.29, 0.717) is 24.5 Å². The highest BCUT2D eigenvalue weighted by Gasteiger charge is 2.09. The molecule has 5 nitrogen and oxygen atoms in total. The lowest BCUT2D eigenvalue weighted by Crippen LogP contribution is -2.27. The Morgan fingerprint density at radius 3 is 2.40 bits per heavy atom. The zero-order chi connectivity index (χ0) is 17.9. The second-order valence-electron chi connectivity index (χ2n) is 5.58. The summed E-state index contributed by atoms with van der Waals surface area (Å²) in [5.74, 6) is 0.430. The highest BCUT2D eigenvalue weighted by atomic mass is 16.5. The Bertz CT molecular complexity index is 668. The van der Waals surface area contributed by atoms with Crippen molar-refractivity contribution in [3.05, 3.63) is 65.7 Å². The molecule has 0 aliphatic heterocycles. The van der Waals surface area contributed by atoms with Crippen molar-refractivity contribution in [2.75, 3.05) is 13.2 Å². The minimum atomic E-state index is -0.565. The van der Waals surface area contributed by atoms with Crippen LogP contribution in [0.4, 0.5) is 4.79 Å². The maximum absolute atomic E-state index is 12.0. The van der Waals surface area contributed by atoms with Crippen molar-refractivity contribution in [3.8, 4) is 5.75 Å². The van der Waals surface area contributed by atoms with Gasteiger partial charge in [0, 0.05) is 12.1 Å². The van der Waals surface area contributed by atoms with Gasteiger partial charge in [0.25, 0.3) is 0 Å². The van der Waals surface area contributed by atoms with Crippen molar-refractivity contribution in [2.45, 2.75) is 26.4 Å². The average molecular weight is 341 g/mol. The van der Waals surface area contributed by atoms with Crippen LogP contribution in [0.15, 0.2) is 54.6 Å². The zero-order valence-electron chi connectivity index (χ0n) is 14.4. The third-order valence-corrected chi connectivity index (χ3v) is 3.56. The van der Waals surface area contributed by atoms with Gasteiger partial charge in [-0.25, -0.2) is 4.79 Å². The molecule has 132 valence electrons. The molecule has 0 aliphatic carbocycles. The summed E-state index contributed by atoms with van der Waals surface area (Å²) in [5, 5.41) is 2.60. The van der Waals surface area contributed by atoms with Gasteiger partial charge in [-0.3, -0.25) is 4.79 Å². The van der Waals surface area contributed by atoms with Crippen LogP contribution >= 0.6 is 0 Å². The van der Waals surface area contributed by atoms with Crippen molar-refractivity contribution >= 4 is 11.9 Å². The summed E-state index contributed by atoms with van der Waals surface area (Å²) in [6, 6.07) is 16.6. The molecule has 0 fully saturated rings. The number of Topliss-reactive ketones (excluding diaryl/α,β-unsaturated/α-hetero) is 1. The summed E-state index contributed by atoms with van der Waals surface area (Å²) in [4.78, 5) is 23.4. The fourth-order valence-corrected chi connectivity index (χ4v) is 2.11. The SMILES string of the molecule is CCCCNC(=O)OCC(=O)c1ccc(OCc2ccccc2)cc1. The number of hydrogen-bond acceptors (Lipinski definition) is 4. The van der Waals surface area contributed by atoms with E-state index in [0.717, 1.165) is 18.4 Å². The number of benzene rings is 2. The molecule has 2 aromatic rings. The van der Waals surface area contributed by atoms with Crippen LogP contribution in [0.3, 0.4) is 0 Å². The molecule has 0 aromatic heterocycles. The Morgan fingerprint density at radius 1 is 1.00 bits per heavy atom. The van der Waals surface area contributed by atoms with E-state index in [4.69, 9.17) is 9.47 Å².